The first-order chi connectivity index (χ1) is 10.3. The third-order valence-electron chi connectivity index (χ3n) is 4.03. The number of likely N-dealkylation sites (tertiary alicyclic amines) is 1. The number of carbonyl (C=O) groups is 1. The van der Waals surface area contributed by atoms with Crippen molar-refractivity contribution in [2.75, 3.05) is 19.7 Å². The minimum absolute atomic E-state index is 0.304. The first kappa shape index (κ1) is 15.9. The van der Waals surface area contributed by atoms with Crippen molar-refractivity contribution in [2.24, 2.45) is 0 Å². The number of benzene rings is 1. The van der Waals surface area contributed by atoms with Crippen LogP contribution in [0.3, 0.4) is 0 Å². The topological polar surface area (TPSA) is 29.5 Å². The van der Waals surface area contributed by atoms with E-state index in [-0.39, 0.29) is 0 Å². The summed E-state index contributed by atoms with van der Waals surface area (Å²) >= 11 is 0. The SMILES string of the molecule is CCCCOc1ccc(CCC(=O)N2CCCCC2)cc1. The fourth-order valence-electron chi connectivity index (χ4n) is 2.64. The minimum atomic E-state index is 0.304. The molecule has 0 atom stereocenters. The highest BCUT2D eigenvalue weighted by Gasteiger charge is 2.15. The molecule has 1 saturated heterocycles. The van der Waals surface area contributed by atoms with E-state index in [2.05, 4.69) is 19.1 Å². The number of ether oxygens (including phenoxy) is 1. The highest BCUT2D eigenvalue weighted by atomic mass is 16.5. The summed E-state index contributed by atoms with van der Waals surface area (Å²) in [5.41, 5.74) is 1.21. The van der Waals surface area contributed by atoms with Crippen LogP contribution in [0.25, 0.3) is 0 Å². The lowest BCUT2D eigenvalue weighted by Gasteiger charge is -2.26. The van der Waals surface area contributed by atoms with E-state index in [4.69, 9.17) is 4.74 Å². The summed E-state index contributed by atoms with van der Waals surface area (Å²) in [5, 5.41) is 0. The zero-order chi connectivity index (χ0) is 14.9. The Morgan fingerprint density at radius 3 is 2.52 bits per heavy atom. The lowest BCUT2D eigenvalue weighted by atomic mass is 10.1. The molecule has 1 fully saturated rings. The van der Waals surface area contributed by atoms with Gasteiger partial charge in [-0.1, -0.05) is 25.5 Å². The van der Waals surface area contributed by atoms with Crippen LogP contribution in [0.15, 0.2) is 24.3 Å². The Balaban J connectivity index is 1.73. The summed E-state index contributed by atoms with van der Waals surface area (Å²) in [6, 6.07) is 8.17. The van der Waals surface area contributed by atoms with Gasteiger partial charge in [0.25, 0.3) is 0 Å². The van der Waals surface area contributed by atoms with Gasteiger partial charge in [0, 0.05) is 19.5 Å². The summed E-state index contributed by atoms with van der Waals surface area (Å²) in [6.07, 6.45) is 7.28. The van der Waals surface area contributed by atoms with Gasteiger partial charge in [-0.05, 0) is 49.8 Å². The number of hydrogen-bond donors (Lipinski definition) is 0. The van der Waals surface area contributed by atoms with E-state index >= 15 is 0 Å². The van der Waals surface area contributed by atoms with Crippen LogP contribution in [0.2, 0.25) is 0 Å². The van der Waals surface area contributed by atoms with Crippen LogP contribution in [-0.4, -0.2) is 30.5 Å². The Morgan fingerprint density at radius 2 is 1.86 bits per heavy atom. The molecular weight excluding hydrogens is 262 g/mol. The van der Waals surface area contributed by atoms with Crippen molar-refractivity contribution in [1.29, 1.82) is 0 Å². The van der Waals surface area contributed by atoms with E-state index in [1.54, 1.807) is 0 Å². The van der Waals surface area contributed by atoms with E-state index in [9.17, 15) is 4.79 Å². The van der Waals surface area contributed by atoms with Gasteiger partial charge in [-0.2, -0.15) is 0 Å². The lowest BCUT2D eigenvalue weighted by Crippen LogP contribution is -2.35. The number of aryl methyl sites for hydroxylation is 1. The third-order valence-corrected chi connectivity index (χ3v) is 4.03. The van der Waals surface area contributed by atoms with E-state index in [0.29, 0.717) is 12.3 Å². The molecule has 116 valence electrons. The standard InChI is InChI=1S/C18H27NO2/c1-2-3-15-21-17-10-7-16(8-11-17)9-12-18(20)19-13-5-4-6-14-19/h7-8,10-11H,2-6,9,12-15H2,1H3. The van der Waals surface area contributed by atoms with Crippen molar-refractivity contribution in [3.63, 3.8) is 0 Å². The maximum atomic E-state index is 12.1. The molecule has 1 aliphatic heterocycles. The van der Waals surface area contributed by atoms with Crippen molar-refractivity contribution >= 4 is 5.91 Å². The molecule has 0 radical (unpaired) electrons. The van der Waals surface area contributed by atoms with Gasteiger partial charge < -0.3 is 9.64 Å². The van der Waals surface area contributed by atoms with E-state index in [0.717, 1.165) is 57.6 Å². The molecule has 0 aromatic heterocycles. The summed E-state index contributed by atoms with van der Waals surface area (Å²) in [7, 11) is 0. The normalized spacial score (nSPS) is 15.0. The number of amides is 1. The van der Waals surface area contributed by atoms with Gasteiger partial charge in [0.2, 0.25) is 5.91 Å². The minimum Gasteiger partial charge on any atom is -0.494 e. The molecule has 0 spiro atoms. The first-order valence-corrected chi connectivity index (χ1v) is 8.29. The van der Waals surface area contributed by atoms with Crippen LogP contribution in [0.1, 0.15) is 51.0 Å². The molecule has 21 heavy (non-hydrogen) atoms. The molecule has 2 rings (SSSR count). The van der Waals surface area contributed by atoms with Gasteiger partial charge in [0.05, 0.1) is 6.61 Å². The largest absolute Gasteiger partial charge is 0.494 e. The predicted octanol–water partition coefficient (Wildman–Crippen LogP) is 3.81. The second-order valence-corrected chi connectivity index (χ2v) is 5.79. The van der Waals surface area contributed by atoms with Gasteiger partial charge >= 0.3 is 0 Å². The second-order valence-electron chi connectivity index (χ2n) is 5.79. The van der Waals surface area contributed by atoms with Crippen LogP contribution in [-0.2, 0) is 11.2 Å². The lowest BCUT2D eigenvalue weighted by molar-refractivity contribution is -0.132. The quantitative estimate of drug-likeness (QED) is 0.714. The number of rotatable bonds is 7. The Bertz CT molecular complexity index is 421. The van der Waals surface area contributed by atoms with Crippen molar-refractivity contribution in [2.45, 2.75) is 51.9 Å². The van der Waals surface area contributed by atoms with E-state index in [1.807, 2.05) is 17.0 Å². The van der Waals surface area contributed by atoms with Gasteiger partial charge in [-0.15, -0.1) is 0 Å². The van der Waals surface area contributed by atoms with Crippen LogP contribution >= 0.6 is 0 Å². The molecule has 0 bridgehead atoms. The van der Waals surface area contributed by atoms with Crippen molar-refractivity contribution < 1.29 is 9.53 Å². The summed E-state index contributed by atoms with van der Waals surface area (Å²) in [4.78, 5) is 14.1. The molecular formula is C18H27NO2. The monoisotopic (exact) mass is 289 g/mol. The third kappa shape index (κ3) is 5.41. The maximum absolute atomic E-state index is 12.1. The Kier molecular flexibility index (Phi) is 6.58. The molecule has 0 saturated carbocycles. The fourth-order valence-corrected chi connectivity index (χ4v) is 2.64. The zero-order valence-corrected chi connectivity index (χ0v) is 13.1. The molecule has 0 aliphatic carbocycles. The molecule has 1 heterocycles. The van der Waals surface area contributed by atoms with Gasteiger partial charge in [-0.3, -0.25) is 4.79 Å². The Morgan fingerprint density at radius 1 is 1.14 bits per heavy atom. The number of carbonyl (C=O) groups excluding carboxylic acids is 1. The van der Waals surface area contributed by atoms with Crippen LogP contribution in [0.4, 0.5) is 0 Å². The molecule has 1 aromatic rings. The molecule has 3 heteroatoms. The van der Waals surface area contributed by atoms with Crippen molar-refractivity contribution in [1.82, 2.24) is 4.90 Å². The highest BCUT2D eigenvalue weighted by Crippen LogP contribution is 2.15. The maximum Gasteiger partial charge on any atom is 0.222 e. The first-order valence-electron chi connectivity index (χ1n) is 8.29. The summed E-state index contributed by atoms with van der Waals surface area (Å²) < 4.78 is 5.65. The summed E-state index contributed by atoms with van der Waals surface area (Å²) in [5.74, 6) is 1.23. The number of hydrogen-bond acceptors (Lipinski definition) is 2. The Hall–Kier alpha value is -1.51. The van der Waals surface area contributed by atoms with Crippen molar-refractivity contribution in [3.05, 3.63) is 29.8 Å². The molecule has 3 nitrogen and oxygen atoms in total. The second kappa shape index (κ2) is 8.71. The number of piperidine rings is 1. The number of nitrogens with zero attached hydrogens (tertiary/aromatic N) is 1. The average molecular weight is 289 g/mol. The van der Waals surface area contributed by atoms with Crippen LogP contribution in [0, 0.1) is 0 Å². The molecule has 1 amide bonds. The van der Waals surface area contributed by atoms with E-state index in [1.165, 1.54) is 12.0 Å². The zero-order valence-electron chi connectivity index (χ0n) is 13.1. The summed E-state index contributed by atoms with van der Waals surface area (Å²) in [6.45, 7) is 4.83. The van der Waals surface area contributed by atoms with Gasteiger partial charge in [0.1, 0.15) is 5.75 Å². The van der Waals surface area contributed by atoms with Gasteiger partial charge in [-0.25, -0.2) is 0 Å². The predicted molar refractivity (Wildman–Crippen MR) is 85.6 cm³/mol. The fraction of sp³-hybridized carbons (Fsp3) is 0.611. The molecule has 1 aliphatic rings. The number of unbranched alkanes of at least 4 members (excludes halogenated alkanes) is 1. The van der Waals surface area contributed by atoms with Crippen LogP contribution < -0.4 is 4.74 Å². The molecule has 0 unspecified atom stereocenters. The smallest absolute Gasteiger partial charge is 0.222 e. The molecule has 1 aromatic carbocycles. The average Bonchev–Trinajstić information content (AvgIpc) is 2.55. The molecule has 0 N–H and O–H groups in total. The highest BCUT2D eigenvalue weighted by molar-refractivity contribution is 5.76. The van der Waals surface area contributed by atoms with Gasteiger partial charge in [0.15, 0.2) is 0 Å². The van der Waals surface area contributed by atoms with Crippen molar-refractivity contribution in [3.8, 4) is 5.75 Å². The Labute approximate surface area is 128 Å². The van der Waals surface area contributed by atoms with E-state index < -0.39 is 0 Å². The van der Waals surface area contributed by atoms with Crippen LogP contribution in [0.5, 0.6) is 5.75 Å².